The second kappa shape index (κ2) is 12.4. The monoisotopic (exact) mass is 658 g/mol. The molecule has 0 saturated carbocycles. The molecule has 1 atom stereocenters. The zero-order valence-corrected chi connectivity index (χ0v) is 26.8. The van der Waals surface area contributed by atoms with Crippen molar-refractivity contribution in [2.45, 2.75) is 65.1 Å². The van der Waals surface area contributed by atoms with E-state index in [4.69, 9.17) is 14.2 Å². The van der Waals surface area contributed by atoms with Gasteiger partial charge >= 0.3 is 5.76 Å². The van der Waals surface area contributed by atoms with Gasteiger partial charge in [-0.1, -0.05) is 67.0 Å². The van der Waals surface area contributed by atoms with Crippen molar-refractivity contribution in [2.24, 2.45) is 0 Å². The number of nitrogens with zero attached hydrogens (tertiary/aromatic N) is 3. The first-order valence-electron chi connectivity index (χ1n) is 14.5. The maximum atomic E-state index is 14.1. The van der Waals surface area contributed by atoms with Crippen LogP contribution in [0, 0.1) is 6.92 Å². The van der Waals surface area contributed by atoms with Crippen LogP contribution in [0.1, 0.15) is 67.9 Å². The Morgan fingerprint density at radius 2 is 1.77 bits per heavy atom. The van der Waals surface area contributed by atoms with Crippen LogP contribution in [-0.2, 0) is 12.8 Å². The molecule has 9 nitrogen and oxygen atoms in total. The Morgan fingerprint density at radius 1 is 1.05 bits per heavy atom. The molecule has 0 aliphatic carbocycles. The van der Waals surface area contributed by atoms with Crippen molar-refractivity contribution in [2.75, 3.05) is 0 Å². The number of hydrogen-bond acceptors (Lipinski definition) is 7. The van der Waals surface area contributed by atoms with E-state index in [0.29, 0.717) is 53.5 Å². The minimum atomic E-state index is -0.685. The van der Waals surface area contributed by atoms with Gasteiger partial charge in [-0.3, -0.25) is 18.9 Å². The highest BCUT2D eigenvalue weighted by molar-refractivity contribution is 8.93. The van der Waals surface area contributed by atoms with Crippen molar-refractivity contribution in [3.05, 3.63) is 116 Å². The molecule has 0 fully saturated rings. The zero-order valence-electron chi connectivity index (χ0n) is 25.1. The lowest BCUT2D eigenvalue weighted by Gasteiger charge is -2.35. The molecular weight excluding hydrogens is 624 g/mol. The van der Waals surface area contributed by atoms with Gasteiger partial charge in [0, 0.05) is 29.5 Å². The van der Waals surface area contributed by atoms with Crippen LogP contribution in [0.25, 0.3) is 28.2 Å². The molecule has 0 radical (unpaired) electrons. The molecule has 1 unspecified atom stereocenters. The summed E-state index contributed by atoms with van der Waals surface area (Å²) in [4.78, 5) is 33.2. The number of H-pyrrole nitrogens is 1. The number of halogens is 1. The standard InChI is InChI=1S/C34H34N4O5.BrH/c1-5-8-28-26(17-21-11-13-22(14-12-21)24-9-6-7-10-25(24)31-36-33(41)43-37-31)32(40)38(20(2)35-28)23-15-16-30-27(18-23)29(39)19-34(3,4)42-30;/h6-7,9-16,18,29,39H,5,8,17,19H2,1-4H3,(H,36,37,41);1H. The number of benzene rings is 3. The van der Waals surface area contributed by atoms with Crippen molar-refractivity contribution in [1.29, 1.82) is 0 Å². The van der Waals surface area contributed by atoms with Gasteiger partial charge in [0.2, 0.25) is 0 Å². The molecule has 3 aromatic carbocycles. The minimum Gasteiger partial charge on any atom is -0.487 e. The Hall–Kier alpha value is -4.28. The van der Waals surface area contributed by atoms with E-state index in [1.165, 1.54) is 0 Å². The quantitative estimate of drug-likeness (QED) is 0.211. The van der Waals surface area contributed by atoms with Gasteiger partial charge in [0.1, 0.15) is 17.2 Å². The van der Waals surface area contributed by atoms with Gasteiger partial charge in [-0.2, -0.15) is 0 Å². The number of ether oxygens (including phenoxy) is 1. The topological polar surface area (TPSA) is 123 Å². The summed E-state index contributed by atoms with van der Waals surface area (Å²) in [6.07, 6.45) is 1.76. The second-order valence-corrected chi connectivity index (χ2v) is 11.6. The summed E-state index contributed by atoms with van der Waals surface area (Å²) in [5.74, 6) is 0.987. The van der Waals surface area contributed by atoms with Gasteiger partial charge in [-0.25, -0.2) is 9.78 Å². The maximum Gasteiger partial charge on any atom is 0.439 e. The maximum absolute atomic E-state index is 14.1. The molecule has 228 valence electrons. The van der Waals surface area contributed by atoms with Crippen LogP contribution < -0.4 is 16.1 Å². The summed E-state index contributed by atoms with van der Waals surface area (Å²) >= 11 is 0. The molecule has 0 spiro atoms. The third-order valence-electron chi connectivity index (χ3n) is 7.87. The molecule has 1 aliphatic heterocycles. The summed E-state index contributed by atoms with van der Waals surface area (Å²) < 4.78 is 12.4. The highest BCUT2D eigenvalue weighted by Crippen LogP contribution is 2.40. The first-order chi connectivity index (χ1) is 20.6. The number of rotatable bonds is 7. The Bertz CT molecular complexity index is 1920. The fourth-order valence-electron chi connectivity index (χ4n) is 5.88. The summed E-state index contributed by atoms with van der Waals surface area (Å²) in [5.41, 5.74) is 5.74. The van der Waals surface area contributed by atoms with Crippen LogP contribution in [0.3, 0.4) is 0 Å². The molecule has 5 aromatic rings. The van der Waals surface area contributed by atoms with E-state index in [-0.39, 0.29) is 22.5 Å². The molecule has 2 N–H and O–H groups in total. The first-order valence-corrected chi connectivity index (χ1v) is 14.5. The predicted molar refractivity (Wildman–Crippen MR) is 174 cm³/mol. The number of fused-ring (bicyclic) bond motifs is 1. The molecule has 0 saturated heterocycles. The summed E-state index contributed by atoms with van der Waals surface area (Å²) in [6, 6.07) is 21.2. The van der Waals surface area contributed by atoms with Gasteiger partial charge in [0.25, 0.3) is 5.56 Å². The number of aromatic nitrogens is 4. The normalized spacial score (nSPS) is 15.2. The van der Waals surface area contributed by atoms with Crippen molar-refractivity contribution in [1.82, 2.24) is 19.7 Å². The average Bonchev–Trinajstić information content (AvgIpc) is 3.41. The summed E-state index contributed by atoms with van der Waals surface area (Å²) in [6.45, 7) is 7.82. The summed E-state index contributed by atoms with van der Waals surface area (Å²) in [7, 11) is 0. The molecule has 0 amide bonds. The van der Waals surface area contributed by atoms with Crippen LogP contribution in [0.5, 0.6) is 5.75 Å². The SMILES string of the molecule is Br.CCCc1nc(C)n(-c2ccc3c(c2)C(O)CC(C)(C)O3)c(=O)c1Cc1ccc(-c2ccccc2-c2noc(=O)[nH]2)cc1. The minimum absolute atomic E-state index is 0. The fourth-order valence-corrected chi connectivity index (χ4v) is 5.88. The van der Waals surface area contributed by atoms with Crippen LogP contribution in [-0.4, -0.2) is 30.4 Å². The Labute approximate surface area is 265 Å². The highest BCUT2D eigenvalue weighted by Gasteiger charge is 2.33. The number of aryl methyl sites for hydroxylation is 2. The van der Waals surface area contributed by atoms with Gasteiger partial charge < -0.3 is 9.84 Å². The van der Waals surface area contributed by atoms with E-state index >= 15 is 0 Å². The molecule has 10 heteroatoms. The van der Waals surface area contributed by atoms with Crippen LogP contribution in [0.4, 0.5) is 0 Å². The van der Waals surface area contributed by atoms with E-state index in [1.54, 1.807) is 4.57 Å². The second-order valence-electron chi connectivity index (χ2n) is 11.6. The lowest BCUT2D eigenvalue weighted by molar-refractivity contribution is 0.0115. The lowest BCUT2D eigenvalue weighted by Crippen LogP contribution is -2.35. The van der Waals surface area contributed by atoms with E-state index in [0.717, 1.165) is 34.4 Å². The third-order valence-corrected chi connectivity index (χ3v) is 7.87. The fraction of sp³-hybridized carbons (Fsp3) is 0.294. The van der Waals surface area contributed by atoms with E-state index in [2.05, 4.69) is 17.1 Å². The molecule has 6 rings (SSSR count). The van der Waals surface area contributed by atoms with Gasteiger partial charge in [0.15, 0.2) is 5.82 Å². The van der Waals surface area contributed by atoms with Crippen LogP contribution in [0.2, 0.25) is 0 Å². The molecular formula is C34H35BrN4O5. The molecule has 3 heterocycles. The number of aromatic amines is 1. The molecule has 2 aromatic heterocycles. The lowest BCUT2D eigenvalue weighted by atomic mass is 9.91. The van der Waals surface area contributed by atoms with Crippen molar-refractivity contribution in [3.8, 4) is 34.0 Å². The number of nitrogens with one attached hydrogen (secondary N) is 1. The molecule has 1 aliphatic rings. The van der Waals surface area contributed by atoms with Crippen molar-refractivity contribution < 1.29 is 14.4 Å². The Kier molecular flexibility index (Phi) is 8.76. The van der Waals surface area contributed by atoms with E-state index in [9.17, 15) is 14.7 Å². The van der Waals surface area contributed by atoms with Crippen LogP contribution >= 0.6 is 17.0 Å². The predicted octanol–water partition coefficient (Wildman–Crippen LogP) is 6.27. The van der Waals surface area contributed by atoms with Crippen molar-refractivity contribution >= 4 is 17.0 Å². The largest absolute Gasteiger partial charge is 0.487 e. The molecule has 0 bridgehead atoms. The smallest absolute Gasteiger partial charge is 0.439 e. The number of hydrogen-bond donors (Lipinski definition) is 2. The average molecular weight is 660 g/mol. The van der Waals surface area contributed by atoms with Crippen LogP contribution in [0.15, 0.2) is 80.8 Å². The van der Waals surface area contributed by atoms with Gasteiger partial charge in [0.05, 0.1) is 17.5 Å². The summed E-state index contributed by atoms with van der Waals surface area (Å²) in [5, 5.41) is 14.7. The first kappa shape index (κ1) is 31.2. The molecule has 44 heavy (non-hydrogen) atoms. The number of aliphatic hydroxyl groups excluding tert-OH is 1. The highest BCUT2D eigenvalue weighted by atomic mass is 79.9. The van der Waals surface area contributed by atoms with Crippen molar-refractivity contribution in [3.63, 3.8) is 0 Å². The van der Waals surface area contributed by atoms with Gasteiger partial charge in [-0.05, 0) is 62.1 Å². The van der Waals surface area contributed by atoms with Gasteiger partial charge in [-0.15, -0.1) is 17.0 Å². The Morgan fingerprint density at radius 3 is 2.45 bits per heavy atom. The third kappa shape index (κ3) is 6.05. The Balaban J connectivity index is 0.00000384. The zero-order chi connectivity index (χ0) is 30.3. The van der Waals surface area contributed by atoms with E-state index < -0.39 is 17.5 Å². The van der Waals surface area contributed by atoms with E-state index in [1.807, 2.05) is 87.5 Å². The number of aliphatic hydroxyl groups is 1.